The van der Waals surface area contributed by atoms with E-state index in [0.29, 0.717) is 5.13 Å². The fourth-order valence-electron chi connectivity index (χ4n) is 1.73. The molecule has 0 aromatic carbocycles. The van der Waals surface area contributed by atoms with Gasteiger partial charge in [0.1, 0.15) is 5.76 Å². The lowest BCUT2D eigenvalue weighted by Crippen LogP contribution is -2.40. The van der Waals surface area contributed by atoms with Gasteiger partial charge in [-0.25, -0.2) is 4.98 Å². The molecule has 2 aromatic heterocycles. The number of furan rings is 1. The zero-order valence-corrected chi connectivity index (χ0v) is 12.5. The van der Waals surface area contributed by atoms with Crippen LogP contribution in [0.1, 0.15) is 11.8 Å². The lowest BCUT2D eigenvalue weighted by atomic mass is 10.2. The third kappa shape index (κ3) is 4.14. The molecule has 0 aliphatic heterocycles. The first-order valence-corrected chi connectivity index (χ1v) is 7.14. The van der Waals surface area contributed by atoms with Crippen molar-refractivity contribution in [1.82, 2.24) is 15.2 Å². The molecular weight excluding hydrogens is 292 g/mol. The third-order valence-electron chi connectivity index (χ3n) is 2.81. The van der Waals surface area contributed by atoms with Crippen molar-refractivity contribution >= 4 is 28.3 Å². The van der Waals surface area contributed by atoms with Gasteiger partial charge in [0.15, 0.2) is 5.13 Å². The lowest BCUT2D eigenvalue weighted by molar-refractivity contribution is -0.136. The summed E-state index contributed by atoms with van der Waals surface area (Å²) in [6.45, 7) is 0.268. The van der Waals surface area contributed by atoms with E-state index in [4.69, 9.17) is 4.42 Å². The van der Waals surface area contributed by atoms with Crippen LogP contribution in [0.25, 0.3) is 0 Å². The Morgan fingerprint density at radius 1 is 1.43 bits per heavy atom. The van der Waals surface area contributed by atoms with Crippen LogP contribution in [0.15, 0.2) is 34.4 Å². The predicted molar refractivity (Wildman–Crippen MR) is 78.9 cm³/mol. The van der Waals surface area contributed by atoms with Crippen LogP contribution in [0.4, 0.5) is 5.13 Å². The molecule has 8 heteroatoms. The van der Waals surface area contributed by atoms with Crippen molar-refractivity contribution in [3.63, 3.8) is 0 Å². The molecule has 7 nitrogen and oxygen atoms in total. The van der Waals surface area contributed by atoms with Crippen LogP contribution in [0.3, 0.4) is 0 Å². The average Bonchev–Trinajstić information content (AvgIpc) is 3.11. The average molecular weight is 308 g/mol. The minimum atomic E-state index is -0.734. The number of rotatable bonds is 5. The van der Waals surface area contributed by atoms with Crippen molar-refractivity contribution in [3.05, 3.63) is 35.7 Å². The van der Waals surface area contributed by atoms with E-state index in [1.54, 1.807) is 23.9 Å². The Bertz CT molecular complexity index is 581. The monoisotopic (exact) mass is 308 g/mol. The molecule has 0 saturated carbocycles. The number of thiazole rings is 1. The van der Waals surface area contributed by atoms with Crippen LogP contribution < -0.4 is 10.6 Å². The van der Waals surface area contributed by atoms with Crippen LogP contribution in [0.2, 0.25) is 0 Å². The molecule has 112 valence electrons. The highest BCUT2D eigenvalue weighted by Gasteiger charge is 2.20. The highest BCUT2D eigenvalue weighted by molar-refractivity contribution is 7.13. The zero-order valence-electron chi connectivity index (χ0n) is 11.7. The van der Waals surface area contributed by atoms with Gasteiger partial charge in [-0.05, 0) is 26.2 Å². The number of carbonyl (C=O) groups excluding carboxylic acids is 2. The second-order valence-electron chi connectivity index (χ2n) is 4.50. The maximum absolute atomic E-state index is 11.8. The molecule has 0 radical (unpaired) electrons. The highest BCUT2D eigenvalue weighted by atomic mass is 32.1. The van der Waals surface area contributed by atoms with Gasteiger partial charge in [0.25, 0.3) is 0 Å². The van der Waals surface area contributed by atoms with E-state index in [1.165, 1.54) is 11.3 Å². The molecule has 2 amide bonds. The largest absolute Gasteiger partial charge is 0.468 e. The maximum Gasteiger partial charge on any atom is 0.315 e. The van der Waals surface area contributed by atoms with Crippen LogP contribution in [-0.2, 0) is 9.59 Å². The van der Waals surface area contributed by atoms with Crippen molar-refractivity contribution in [1.29, 1.82) is 0 Å². The smallest absolute Gasteiger partial charge is 0.315 e. The summed E-state index contributed by atoms with van der Waals surface area (Å²) in [6.07, 6.45) is 3.12. The zero-order chi connectivity index (χ0) is 15.2. The first-order valence-electron chi connectivity index (χ1n) is 6.26. The van der Waals surface area contributed by atoms with Crippen molar-refractivity contribution in [2.75, 3.05) is 26.0 Å². The fourth-order valence-corrected chi connectivity index (χ4v) is 2.25. The van der Waals surface area contributed by atoms with Crippen LogP contribution in [-0.4, -0.2) is 42.3 Å². The first-order chi connectivity index (χ1) is 10.1. The Labute approximate surface area is 126 Å². The number of aromatic nitrogens is 1. The minimum Gasteiger partial charge on any atom is -0.468 e. The molecule has 21 heavy (non-hydrogen) atoms. The summed E-state index contributed by atoms with van der Waals surface area (Å²) in [4.78, 5) is 29.2. The van der Waals surface area contributed by atoms with Gasteiger partial charge in [-0.3, -0.25) is 19.8 Å². The van der Waals surface area contributed by atoms with E-state index in [0.717, 1.165) is 5.76 Å². The van der Waals surface area contributed by atoms with Gasteiger partial charge >= 0.3 is 11.8 Å². The van der Waals surface area contributed by atoms with Crippen LogP contribution in [0.5, 0.6) is 0 Å². The SMILES string of the molecule is CN(C)[C@H](CNC(=O)C(=O)Nc1nccs1)c1ccco1. The number of carbonyl (C=O) groups is 2. The summed E-state index contributed by atoms with van der Waals surface area (Å²) in [5.41, 5.74) is 0. The molecule has 2 rings (SSSR count). The van der Waals surface area contributed by atoms with E-state index in [2.05, 4.69) is 15.6 Å². The Hall–Kier alpha value is -2.19. The molecule has 0 spiro atoms. The number of amides is 2. The minimum absolute atomic E-state index is 0.142. The van der Waals surface area contributed by atoms with Gasteiger partial charge in [0, 0.05) is 18.1 Å². The van der Waals surface area contributed by atoms with E-state index in [1.807, 2.05) is 25.1 Å². The Kier molecular flexibility index (Phi) is 5.07. The molecule has 0 aliphatic rings. The molecule has 2 N–H and O–H groups in total. The van der Waals surface area contributed by atoms with Crippen molar-refractivity contribution < 1.29 is 14.0 Å². The molecular formula is C13H16N4O3S. The summed E-state index contributed by atoms with van der Waals surface area (Å²) in [5, 5.41) is 7.13. The van der Waals surface area contributed by atoms with Crippen molar-refractivity contribution in [3.8, 4) is 0 Å². The Morgan fingerprint density at radius 3 is 2.81 bits per heavy atom. The summed E-state index contributed by atoms with van der Waals surface area (Å²) in [5.74, 6) is -0.717. The topological polar surface area (TPSA) is 87.5 Å². The van der Waals surface area contributed by atoms with Gasteiger partial charge in [0.2, 0.25) is 0 Å². The highest BCUT2D eigenvalue weighted by Crippen LogP contribution is 2.17. The summed E-state index contributed by atoms with van der Waals surface area (Å²) in [6, 6.07) is 3.46. The van der Waals surface area contributed by atoms with E-state index in [-0.39, 0.29) is 12.6 Å². The lowest BCUT2D eigenvalue weighted by Gasteiger charge is -2.22. The van der Waals surface area contributed by atoms with Crippen molar-refractivity contribution in [2.45, 2.75) is 6.04 Å². The first kappa shape index (κ1) is 15.2. The number of anilines is 1. The molecule has 0 bridgehead atoms. The molecule has 0 saturated heterocycles. The van der Waals surface area contributed by atoms with Crippen molar-refractivity contribution in [2.24, 2.45) is 0 Å². The Balaban J connectivity index is 1.88. The van der Waals surface area contributed by atoms with Crippen LogP contribution >= 0.6 is 11.3 Å². The second kappa shape index (κ2) is 7.00. The number of hydrogen-bond acceptors (Lipinski definition) is 6. The van der Waals surface area contributed by atoms with Crippen LogP contribution in [0, 0.1) is 0 Å². The quantitative estimate of drug-likeness (QED) is 0.808. The summed E-state index contributed by atoms with van der Waals surface area (Å²) < 4.78 is 5.33. The number of nitrogens with zero attached hydrogens (tertiary/aromatic N) is 2. The van der Waals surface area contributed by atoms with Gasteiger partial charge in [0.05, 0.1) is 12.3 Å². The van der Waals surface area contributed by atoms with Gasteiger partial charge in [-0.15, -0.1) is 11.3 Å². The molecule has 2 heterocycles. The number of hydrogen-bond donors (Lipinski definition) is 2. The van der Waals surface area contributed by atoms with Gasteiger partial charge in [-0.1, -0.05) is 0 Å². The maximum atomic E-state index is 11.8. The van der Waals surface area contributed by atoms with E-state index < -0.39 is 11.8 Å². The summed E-state index contributed by atoms with van der Waals surface area (Å²) in [7, 11) is 3.74. The summed E-state index contributed by atoms with van der Waals surface area (Å²) >= 11 is 1.25. The Morgan fingerprint density at radius 2 is 2.24 bits per heavy atom. The normalized spacial score (nSPS) is 12.1. The standard InChI is InChI=1S/C13H16N4O3S/c1-17(2)9(10-4-3-6-20-10)8-15-11(18)12(19)16-13-14-5-7-21-13/h3-7,9H,8H2,1-2H3,(H,15,18)(H,14,16,19)/t9-/m1/s1. The molecule has 0 unspecified atom stereocenters. The second-order valence-corrected chi connectivity index (χ2v) is 5.39. The van der Waals surface area contributed by atoms with E-state index in [9.17, 15) is 9.59 Å². The van der Waals surface area contributed by atoms with E-state index >= 15 is 0 Å². The number of likely N-dealkylation sites (N-methyl/N-ethyl adjacent to an activating group) is 1. The number of nitrogens with one attached hydrogen (secondary N) is 2. The van der Waals surface area contributed by atoms with Gasteiger partial charge in [-0.2, -0.15) is 0 Å². The predicted octanol–water partition coefficient (Wildman–Crippen LogP) is 1.09. The molecule has 0 aliphatic carbocycles. The third-order valence-corrected chi connectivity index (χ3v) is 3.50. The molecule has 2 aromatic rings. The van der Waals surface area contributed by atoms with Gasteiger partial charge < -0.3 is 9.73 Å². The molecule has 1 atom stereocenters. The fraction of sp³-hybridized carbons (Fsp3) is 0.308. The molecule has 0 fully saturated rings.